The molecule has 142 valence electrons. The summed E-state index contributed by atoms with van der Waals surface area (Å²) < 4.78 is 0. The van der Waals surface area contributed by atoms with Crippen molar-refractivity contribution >= 4 is 10.8 Å². The molecule has 0 saturated heterocycles. The monoisotopic (exact) mass is 362 g/mol. The van der Waals surface area contributed by atoms with Crippen LogP contribution in [-0.4, -0.2) is 28.1 Å². The van der Waals surface area contributed by atoms with Crippen LogP contribution in [0.25, 0.3) is 10.8 Å². The Balaban J connectivity index is 1.87. The quantitative estimate of drug-likeness (QED) is 0.577. The molecule has 0 radical (unpaired) electrons. The number of aliphatic hydroxyl groups excluding tert-OH is 1. The van der Waals surface area contributed by atoms with Gasteiger partial charge in [-0.2, -0.15) is 0 Å². The highest BCUT2D eigenvalue weighted by molar-refractivity contribution is 5.84. The van der Waals surface area contributed by atoms with Gasteiger partial charge in [0.2, 0.25) is 0 Å². The van der Waals surface area contributed by atoms with E-state index in [-0.39, 0.29) is 6.61 Å². The fraction of sp³-hybridized carbons (Fsp3) is 0.375. The van der Waals surface area contributed by atoms with Crippen molar-refractivity contribution in [1.29, 1.82) is 0 Å². The molecule has 1 N–H and O–H groups in total. The minimum atomic E-state index is 0.260. The summed E-state index contributed by atoms with van der Waals surface area (Å²) in [7, 11) is 0. The maximum absolute atomic E-state index is 9.19. The lowest BCUT2D eigenvalue weighted by atomic mass is 9.98. The molecule has 27 heavy (non-hydrogen) atoms. The van der Waals surface area contributed by atoms with Crippen LogP contribution in [0.1, 0.15) is 40.7 Å². The molecule has 0 bridgehead atoms. The minimum absolute atomic E-state index is 0.260. The zero-order chi connectivity index (χ0) is 19.2. The van der Waals surface area contributed by atoms with Crippen molar-refractivity contribution in [2.75, 3.05) is 13.2 Å². The van der Waals surface area contributed by atoms with Crippen molar-refractivity contribution < 1.29 is 5.11 Å². The van der Waals surface area contributed by atoms with E-state index in [1.54, 1.807) is 0 Å². The molecule has 3 aromatic rings. The molecule has 1 aromatic heterocycles. The van der Waals surface area contributed by atoms with Crippen molar-refractivity contribution in [1.82, 2.24) is 9.88 Å². The molecule has 0 aliphatic heterocycles. The van der Waals surface area contributed by atoms with Gasteiger partial charge in [-0.1, -0.05) is 35.9 Å². The van der Waals surface area contributed by atoms with Crippen molar-refractivity contribution in [3.05, 3.63) is 76.6 Å². The van der Waals surface area contributed by atoms with Crippen LogP contribution in [-0.2, 0) is 13.1 Å². The van der Waals surface area contributed by atoms with Gasteiger partial charge in [-0.15, -0.1) is 0 Å². The normalized spacial score (nSPS) is 11.4. The number of hydrogen-bond donors (Lipinski definition) is 1. The van der Waals surface area contributed by atoms with Crippen LogP contribution in [0.2, 0.25) is 0 Å². The molecular weight excluding hydrogens is 332 g/mol. The van der Waals surface area contributed by atoms with E-state index >= 15 is 0 Å². The first-order chi connectivity index (χ1) is 13.1. The average molecular weight is 363 g/mol. The summed E-state index contributed by atoms with van der Waals surface area (Å²) in [6.07, 6.45) is 5.66. The van der Waals surface area contributed by atoms with Gasteiger partial charge in [0.1, 0.15) is 0 Å². The molecule has 0 spiro atoms. The molecule has 3 heteroatoms. The predicted molar refractivity (Wildman–Crippen MR) is 113 cm³/mol. The number of nitrogens with zero attached hydrogens (tertiary/aromatic N) is 2. The molecular formula is C24H30N2O. The SMILES string of the molecule is Cc1cc(C)c(CN(CCCCO)Cc2cccc3cnccc23)c(C)c1. The third-order valence-electron chi connectivity index (χ3n) is 5.27. The lowest BCUT2D eigenvalue weighted by molar-refractivity contribution is 0.230. The Morgan fingerprint density at radius 2 is 1.74 bits per heavy atom. The topological polar surface area (TPSA) is 36.4 Å². The van der Waals surface area contributed by atoms with Gasteiger partial charge in [-0.3, -0.25) is 9.88 Å². The van der Waals surface area contributed by atoms with Crippen LogP contribution < -0.4 is 0 Å². The number of unbranched alkanes of at least 4 members (excludes halogenated alkanes) is 1. The molecule has 0 amide bonds. The molecule has 0 aliphatic carbocycles. The zero-order valence-electron chi connectivity index (χ0n) is 16.7. The highest BCUT2D eigenvalue weighted by Gasteiger charge is 2.13. The van der Waals surface area contributed by atoms with Gasteiger partial charge in [0.05, 0.1) is 0 Å². The fourth-order valence-corrected chi connectivity index (χ4v) is 3.91. The van der Waals surface area contributed by atoms with Gasteiger partial charge in [-0.05, 0) is 73.9 Å². The maximum atomic E-state index is 9.19. The standard InChI is InChI=1S/C24H30N2O/c1-18-13-19(2)24(20(3)14-18)17-26(11-4-5-12-27)16-22-8-6-7-21-15-25-10-9-23(21)22/h6-10,13-15,27H,4-5,11-12,16-17H2,1-3H3. The Morgan fingerprint density at radius 1 is 0.963 bits per heavy atom. The highest BCUT2D eigenvalue weighted by atomic mass is 16.2. The Morgan fingerprint density at radius 3 is 2.48 bits per heavy atom. The second kappa shape index (κ2) is 9.12. The predicted octanol–water partition coefficient (Wildman–Crippen LogP) is 4.93. The highest BCUT2D eigenvalue weighted by Crippen LogP contribution is 2.23. The summed E-state index contributed by atoms with van der Waals surface area (Å²) in [5, 5.41) is 11.7. The number of pyridine rings is 1. The zero-order valence-corrected chi connectivity index (χ0v) is 16.7. The van der Waals surface area contributed by atoms with Gasteiger partial charge >= 0.3 is 0 Å². The Bertz CT molecular complexity index is 876. The summed E-state index contributed by atoms with van der Waals surface area (Å²) in [4.78, 5) is 6.76. The number of aryl methyl sites for hydroxylation is 3. The second-order valence-electron chi connectivity index (χ2n) is 7.53. The number of hydrogen-bond acceptors (Lipinski definition) is 3. The van der Waals surface area contributed by atoms with E-state index in [0.717, 1.165) is 32.5 Å². The molecule has 2 aromatic carbocycles. The third kappa shape index (κ3) is 4.94. The van der Waals surface area contributed by atoms with Crippen molar-refractivity contribution in [2.45, 2.75) is 46.7 Å². The van der Waals surface area contributed by atoms with Crippen LogP contribution in [0.4, 0.5) is 0 Å². The number of fused-ring (bicyclic) bond motifs is 1. The van der Waals surface area contributed by atoms with Crippen LogP contribution >= 0.6 is 0 Å². The number of aliphatic hydroxyl groups is 1. The van der Waals surface area contributed by atoms with Gasteiger partial charge in [0, 0.05) is 37.5 Å². The molecule has 0 saturated carbocycles. The van der Waals surface area contributed by atoms with Crippen molar-refractivity contribution in [2.24, 2.45) is 0 Å². The number of rotatable bonds is 8. The average Bonchev–Trinajstić information content (AvgIpc) is 2.65. The maximum Gasteiger partial charge on any atom is 0.0431 e. The smallest absolute Gasteiger partial charge is 0.0431 e. The van der Waals surface area contributed by atoms with E-state index in [1.165, 1.54) is 38.6 Å². The molecule has 1 heterocycles. The Labute approximate surface area is 162 Å². The van der Waals surface area contributed by atoms with Gasteiger partial charge in [0.15, 0.2) is 0 Å². The Hall–Kier alpha value is -2.23. The third-order valence-corrected chi connectivity index (χ3v) is 5.27. The minimum Gasteiger partial charge on any atom is -0.396 e. The van der Waals surface area contributed by atoms with E-state index in [4.69, 9.17) is 0 Å². The number of benzene rings is 2. The lowest BCUT2D eigenvalue weighted by Gasteiger charge is -2.25. The molecule has 0 unspecified atom stereocenters. The van der Waals surface area contributed by atoms with Gasteiger partial charge in [-0.25, -0.2) is 0 Å². The van der Waals surface area contributed by atoms with Crippen LogP contribution in [0.5, 0.6) is 0 Å². The first-order valence-electron chi connectivity index (χ1n) is 9.80. The first-order valence-corrected chi connectivity index (χ1v) is 9.80. The van der Waals surface area contributed by atoms with E-state index in [2.05, 4.69) is 67.1 Å². The molecule has 3 nitrogen and oxygen atoms in total. The fourth-order valence-electron chi connectivity index (χ4n) is 3.91. The molecule has 0 aliphatic rings. The Kier molecular flexibility index (Phi) is 6.59. The number of aromatic nitrogens is 1. The van der Waals surface area contributed by atoms with Crippen LogP contribution in [0.3, 0.4) is 0 Å². The molecule has 0 atom stereocenters. The molecule has 0 fully saturated rings. The van der Waals surface area contributed by atoms with Crippen molar-refractivity contribution in [3.63, 3.8) is 0 Å². The van der Waals surface area contributed by atoms with Crippen LogP contribution in [0, 0.1) is 20.8 Å². The van der Waals surface area contributed by atoms with Crippen molar-refractivity contribution in [3.8, 4) is 0 Å². The summed E-state index contributed by atoms with van der Waals surface area (Å²) in [5.74, 6) is 0. The summed E-state index contributed by atoms with van der Waals surface area (Å²) in [6.45, 7) is 9.66. The lowest BCUT2D eigenvalue weighted by Crippen LogP contribution is -2.25. The van der Waals surface area contributed by atoms with E-state index in [0.29, 0.717) is 0 Å². The van der Waals surface area contributed by atoms with E-state index < -0.39 is 0 Å². The van der Waals surface area contributed by atoms with E-state index in [9.17, 15) is 5.11 Å². The first kappa shape index (κ1) is 19.5. The molecule has 3 rings (SSSR count). The van der Waals surface area contributed by atoms with Crippen LogP contribution in [0.15, 0.2) is 48.8 Å². The summed E-state index contributed by atoms with van der Waals surface area (Å²) in [6, 6.07) is 13.1. The second-order valence-corrected chi connectivity index (χ2v) is 7.53. The van der Waals surface area contributed by atoms with E-state index in [1.807, 2.05) is 12.4 Å². The largest absolute Gasteiger partial charge is 0.396 e. The summed E-state index contributed by atoms with van der Waals surface area (Å²) in [5.41, 5.74) is 6.80. The van der Waals surface area contributed by atoms with Gasteiger partial charge in [0.25, 0.3) is 0 Å². The van der Waals surface area contributed by atoms with Gasteiger partial charge < -0.3 is 5.11 Å². The summed E-state index contributed by atoms with van der Waals surface area (Å²) >= 11 is 0.